The second-order valence-corrected chi connectivity index (χ2v) is 21.9. The molecule has 0 bridgehead atoms. The zero-order chi connectivity index (χ0) is 47.1. The van der Waals surface area contributed by atoms with Crippen LogP contribution in [0, 0.1) is 22.7 Å². The van der Waals surface area contributed by atoms with E-state index in [1.165, 1.54) is 20.8 Å². The molecular formula is C36H58F3N5O16S. The lowest BCUT2D eigenvalue weighted by molar-refractivity contribution is -0.544. The van der Waals surface area contributed by atoms with Crippen LogP contribution in [0.25, 0.3) is 0 Å². The number of nitrogens with zero attached hydrogens (tertiary/aromatic N) is 1. The highest BCUT2D eigenvalue weighted by molar-refractivity contribution is 7.92. The number of nitrogens with one attached hydrogen (secondary N) is 4. The van der Waals surface area contributed by atoms with Crippen molar-refractivity contribution in [3.8, 4) is 0 Å². The zero-order valence-electron chi connectivity index (χ0n) is 34.7. The first kappa shape index (κ1) is 50.4. The number of likely N-dealkylation sites (tertiary alicyclic amines) is 1. The number of halogens is 3. The van der Waals surface area contributed by atoms with E-state index in [0.29, 0.717) is 50.9 Å². The highest BCUT2D eigenvalue weighted by Gasteiger charge is 2.75. The summed E-state index contributed by atoms with van der Waals surface area (Å²) in [5.74, 6) is -29.8. The van der Waals surface area contributed by atoms with Crippen LogP contribution in [0.4, 0.5) is 18.0 Å². The lowest BCUT2D eigenvalue weighted by atomic mass is 9.81. The summed E-state index contributed by atoms with van der Waals surface area (Å²) in [6, 6.07) is -9.99. The van der Waals surface area contributed by atoms with E-state index >= 15 is 0 Å². The monoisotopic (exact) mass is 905 g/mol. The Hall–Kier alpha value is -3.27. The van der Waals surface area contributed by atoms with Crippen LogP contribution in [0.5, 0.6) is 0 Å². The molecule has 350 valence electrons. The number of amides is 5. The Labute approximate surface area is 349 Å². The Morgan fingerprint density at radius 1 is 0.787 bits per heavy atom. The summed E-state index contributed by atoms with van der Waals surface area (Å²) in [5, 5.41) is 99.5. The van der Waals surface area contributed by atoms with Gasteiger partial charge in [-0.2, -0.15) is 13.2 Å². The summed E-state index contributed by atoms with van der Waals surface area (Å²) < 4.78 is 69.8. The van der Waals surface area contributed by atoms with Gasteiger partial charge in [0.2, 0.25) is 17.6 Å². The number of ketones is 1. The van der Waals surface area contributed by atoms with Crippen LogP contribution in [-0.2, 0) is 29.0 Å². The molecule has 0 radical (unpaired) electrons. The van der Waals surface area contributed by atoms with Gasteiger partial charge in [0.25, 0.3) is 17.5 Å². The van der Waals surface area contributed by atoms with Crippen LogP contribution in [0.15, 0.2) is 0 Å². The zero-order valence-corrected chi connectivity index (χ0v) is 35.5. The molecule has 4 rings (SSSR count). The molecule has 1 saturated heterocycles. The molecule has 1 heterocycles. The van der Waals surface area contributed by atoms with Gasteiger partial charge in [0.05, 0.1) is 21.5 Å². The van der Waals surface area contributed by atoms with Crippen molar-refractivity contribution in [2.24, 2.45) is 22.7 Å². The fraction of sp³-hybridized carbons (Fsp3) is 0.861. The molecule has 0 aromatic heterocycles. The van der Waals surface area contributed by atoms with Crippen LogP contribution in [0.1, 0.15) is 93.4 Å². The average Bonchev–Trinajstić information content (AvgIpc) is 3.94. The Morgan fingerprint density at radius 2 is 1.31 bits per heavy atom. The smallest absolute Gasteiger partial charge is 0.359 e. The largest absolute Gasteiger partial charge is 0.396 e. The standard InChI is InChI=1S/C36H58F3N5O16S/c1-28(2,3)61(59,60)16-31(13-9-8-10-14-31)43-27(49)42-23(30(6,7)35(37,38)39)26(48)44-15-18-19(29(18,4)5)20(44)24(46)41-22(21(45)25(47)40-17-11-12-17)32(50,51)33(52,53)34(54,55)36(56,57)58/h17-20,22-23,50-58H,8-16H2,1-7H3,(H,40,47)(H,41,46)(H2,42,43,49). The molecule has 13 N–H and O–H groups in total. The van der Waals surface area contributed by atoms with Gasteiger partial charge in [-0.15, -0.1) is 0 Å². The Kier molecular flexibility index (Phi) is 13.0. The number of alkyl halides is 3. The summed E-state index contributed by atoms with van der Waals surface area (Å²) in [6.45, 7) is 8.15. The summed E-state index contributed by atoms with van der Waals surface area (Å²) in [6.07, 6.45) is -2.75. The van der Waals surface area contributed by atoms with Crippen molar-refractivity contribution in [1.29, 1.82) is 0 Å². The van der Waals surface area contributed by atoms with E-state index in [4.69, 9.17) is 0 Å². The summed E-state index contributed by atoms with van der Waals surface area (Å²) in [7, 11) is -3.92. The van der Waals surface area contributed by atoms with Gasteiger partial charge in [-0.05, 0) is 77.6 Å². The summed E-state index contributed by atoms with van der Waals surface area (Å²) in [5.41, 5.74) is -5.47. The Morgan fingerprint density at radius 3 is 1.77 bits per heavy atom. The molecule has 5 amide bonds. The van der Waals surface area contributed by atoms with E-state index < -0.39 is 138 Å². The topological polar surface area (TPSA) is 353 Å². The minimum atomic E-state index is -5.26. The maximum atomic E-state index is 14.8. The van der Waals surface area contributed by atoms with E-state index in [-0.39, 0.29) is 12.8 Å². The van der Waals surface area contributed by atoms with Crippen molar-refractivity contribution in [3.63, 3.8) is 0 Å². The number of carbonyl (C=O) groups is 5. The molecule has 0 spiro atoms. The van der Waals surface area contributed by atoms with E-state index in [2.05, 4.69) is 16.0 Å². The van der Waals surface area contributed by atoms with Gasteiger partial charge in [-0.25, -0.2) is 13.2 Å². The number of aliphatic hydroxyl groups is 9. The molecule has 4 fully saturated rings. The predicted molar refractivity (Wildman–Crippen MR) is 200 cm³/mol. The number of rotatable bonds is 15. The van der Waals surface area contributed by atoms with E-state index in [1.54, 1.807) is 19.2 Å². The Bertz CT molecular complexity index is 1870. The molecule has 25 heteroatoms. The van der Waals surface area contributed by atoms with E-state index in [9.17, 15) is 91.5 Å². The highest BCUT2D eigenvalue weighted by atomic mass is 32.2. The fourth-order valence-electron chi connectivity index (χ4n) is 8.10. The average molecular weight is 906 g/mol. The minimum Gasteiger partial charge on any atom is -0.359 e. The minimum absolute atomic E-state index is 0.131. The van der Waals surface area contributed by atoms with Crippen LogP contribution in [-0.4, -0.2) is 165 Å². The van der Waals surface area contributed by atoms with Crippen molar-refractivity contribution in [2.75, 3.05) is 12.3 Å². The van der Waals surface area contributed by atoms with Crippen molar-refractivity contribution >= 4 is 39.4 Å². The lowest BCUT2D eigenvalue weighted by Gasteiger charge is -2.47. The molecule has 3 aliphatic carbocycles. The number of hydrogen-bond acceptors (Lipinski definition) is 16. The number of fused-ring (bicyclic) bond motifs is 1. The van der Waals surface area contributed by atoms with E-state index in [1.807, 2.05) is 0 Å². The van der Waals surface area contributed by atoms with Crippen LogP contribution in [0.2, 0.25) is 0 Å². The molecule has 4 aliphatic rings. The lowest BCUT2D eigenvalue weighted by Crippen LogP contribution is -2.81. The maximum absolute atomic E-state index is 14.8. The number of urea groups is 1. The highest BCUT2D eigenvalue weighted by Crippen LogP contribution is 2.65. The fourth-order valence-corrected chi connectivity index (χ4v) is 9.62. The molecule has 0 aromatic rings. The third-order valence-electron chi connectivity index (χ3n) is 12.9. The second-order valence-electron chi connectivity index (χ2n) is 19.1. The summed E-state index contributed by atoms with van der Waals surface area (Å²) >= 11 is 0. The molecule has 5 unspecified atom stereocenters. The summed E-state index contributed by atoms with van der Waals surface area (Å²) in [4.78, 5) is 69.4. The normalized spacial score (nSPS) is 24.5. The van der Waals surface area contributed by atoms with Gasteiger partial charge in [0.1, 0.15) is 12.1 Å². The Balaban J connectivity index is 1.75. The predicted octanol–water partition coefficient (Wildman–Crippen LogP) is -3.35. The maximum Gasteiger partial charge on any atom is 0.396 e. The van der Waals surface area contributed by atoms with Crippen molar-refractivity contribution in [1.82, 2.24) is 26.2 Å². The van der Waals surface area contributed by atoms with Gasteiger partial charge < -0.3 is 72.1 Å². The molecule has 61 heavy (non-hydrogen) atoms. The molecule has 21 nitrogen and oxygen atoms in total. The SMILES string of the molecule is CC1(C)C2CN(C(=O)C(NC(=O)NC3(CS(=O)(=O)C(C)(C)C)CCCCC3)C(C)(C)C(F)(F)F)C(C(=O)NC(C(=O)C(=O)NC3CC3)C(O)(O)C(O)(O)C(O)(O)C(O)(O)O)C21. The van der Waals surface area contributed by atoms with Gasteiger partial charge in [0, 0.05) is 12.6 Å². The molecule has 1 aliphatic heterocycles. The second kappa shape index (κ2) is 15.8. The van der Waals surface area contributed by atoms with Crippen molar-refractivity contribution < 1.29 is 91.5 Å². The van der Waals surface area contributed by atoms with Crippen molar-refractivity contribution in [3.05, 3.63) is 0 Å². The van der Waals surface area contributed by atoms with Gasteiger partial charge in [0.15, 0.2) is 15.9 Å². The number of Topliss-reactive ketones (excluding diaryl/α,β-unsaturated/α-hetero) is 1. The van der Waals surface area contributed by atoms with Crippen LogP contribution in [0.3, 0.4) is 0 Å². The third-order valence-corrected chi connectivity index (χ3v) is 15.7. The van der Waals surface area contributed by atoms with Gasteiger partial charge >= 0.3 is 24.0 Å². The quantitative estimate of drug-likeness (QED) is 0.0564. The van der Waals surface area contributed by atoms with Gasteiger partial charge in [-0.3, -0.25) is 19.2 Å². The first-order chi connectivity index (χ1) is 27.2. The molecular weight excluding hydrogens is 847 g/mol. The van der Waals surface area contributed by atoms with Crippen molar-refractivity contribution in [2.45, 2.75) is 157 Å². The van der Waals surface area contributed by atoms with Crippen LogP contribution >= 0.6 is 0 Å². The first-order valence-corrected chi connectivity index (χ1v) is 21.2. The first-order valence-electron chi connectivity index (χ1n) is 19.6. The number of hydrogen-bond donors (Lipinski definition) is 13. The van der Waals surface area contributed by atoms with E-state index in [0.717, 1.165) is 0 Å². The number of piperidine rings is 1. The van der Waals surface area contributed by atoms with Crippen LogP contribution < -0.4 is 21.3 Å². The molecule has 5 atom stereocenters. The third kappa shape index (κ3) is 9.22. The molecule has 3 saturated carbocycles. The van der Waals surface area contributed by atoms with Gasteiger partial charge in [-0.1, -0.05) is 33.1 Å². The number of carbonyl (C=O) groups excluding carboxylic acids is 5. The molecule has 0 aromatic carbocycles. The number of sulfone groups is 1.